The third-order valence-corrected chi connectivity index (χ3v) is 2.32. The molecular formula is C9H12N2O2S. The van der Waals surface area contributed by atoms with E-state index in [0.717, 1.165) is 5.03 Å². The van der Waals surface area contributed by atoms with Gasteiger partial charge in [-0.3, -0.25) is 4.79 Å². The van der Waals surface area contributed by atoms with Crippen LogP contribution in [0.2, 0.25) is 0 Å². The van der Waals surface area contributed by atoms with Gasteiger partial charge >= 0.3 is 5.97 Å². The second kappa shape index (κ2) is 5.49. The molecule has 0 unspecified atom stereocenters. The van der Waals surface area contributed by atoms with Gasteiger partial charge in [-0.15, -0.1) is 0 Å². The van der Waals surface area contributed by atoms with E-state index in [0.29, 0.717) is 12.3 Å². The average Bonchev–Trinajstić information content (AvgIpc) is 2.17. The van der Waals surface area contributed by atoms with Crippen LogP contribution in [0, 0.1) is 0 Å². The van der Waals surface area contributed by atoms with Gasteiger partial charge in [0.15, 0.2) is 0 Å². The lowest BCUT2D eigenvalue weighted by molar-refractivity contribution is -0.139. The number of nitrogens with zero attached hydrogens (tertiary/aromatic N) is 1. The first-order valence-electron chi connectivity index (χ1n) is 4.22. The normalized spacial score (nSPS) is 9.79. The second-order valence-electron chi connectivity index (χ2n) is 2.52. The van der Waals surface area contributed by atoms with Crippen molar-refractivity contribution in [3.8, 4) is 0 Å². The smallest absolute Gasteiger partial charge is 0.316 e. The van der Waals surface area contributed by atoms with Crippen LogP contribution in [-0.4, -0.2) is 23.3 Å². The first-order valence-corrected chi connectivity index (χ1v) is 5.21. The predicted molar refractivity (Wildman–Crippen MR) is 56.0 cm³/mol. The summed E-state index contributed by atoms with van der Waals surface area (Å²) in [5, 5.41) is 0.771. The van der Waals surface area contributed by atoms with E-state index in [1.807, 2.05) is 0 Å². The van der Waals surface area contributed by atoms with Gasteiger partial charge in [-0.05, 0) is 19.1 Å². The van der Waals surface area contributed by atoms with Gasteiger partial charge in [-0.1, -0.05) is 11.8 Å². The summed E-state index contributed by atoms with van der Waals surface area (Å²) in [6.45, 7) is 2.19. The average molecular weight is 212 g/mol. The number of hydrogen-bond donors (Lipinski definition) is 1. The molecule has 0 aromatic carbocycles. The molecule has 0 spiro atoms. The first-order chi connectivity index (χ1) is 6.72. The quantitative estimate of drug-likeness (QED) is 0.602. The minimum atomic E-state index is -0.226. The summed E-state index contributed by atoms with van der Waals surface area (Å²) in [6, 6.07) is 3.53. The Balaban J connectivity index is 2.38. The summed E-state index contributed by atoms with van der Waals surface area (Å²) in [6.07, 6.45) is 1.56. The second-order valence-corrected chi connectivity index (χ2v) is 3.52. The number of rotatable bonds is 4. The number of hydrogen-bond acceptors (Lipinski definition) is 5. The summed E-state index contributed by atoms with van der Waals surface area (Å²) < 4.78 is 4.78. The van der Waals surface area contributed by atoms with Crippen molar-refractivity contribution in [2.24, 2.45) is 0 Å². The lowest BCUT2D eigenvalue weighted by Crippen LogP contribution is -2.06. The van der Waals surface area contributed by atoms with E-state index < -0.39 is 0 Å². The Labute approximate surface area is 86.8 Å². The first kappa shape index (κ1) is 10.8. The number of carbonyl (C=O) groups excluding carboxylic acids is 1. The number of esters is 1. The molecule has 0 fully saturated rings. The molecule has 14 heavy (non-hydrogen) atoms. The van der Waals surface area contributed by atoms with E-state index in [1.165, 1.54) is 11.8 Å². The fourth-order valence-corrected chi connectivity index (χ4v) is 1.45. The van der Waals surface area contributed by atoms with Gasteiger partial charge < -0.3 is 10.5 Å². The number of carbonyl (C=O) groups is 1. The van der Waals surface area contributed by atoms with Crippen LogP contribution in [0.3, 0.4) is 0 Å². The zero-order valence-electron chi connectivity index (χ0n) is 7.90. The third kappa shape index (κ3) is 3.66. The highest BCUT2D eigenvalue weighted by atomic mass is 32.2. The molecule has 0 aliphatic carbocycles. The third-order valence-electron chi connectivity index (χ3n) is 1.40. The summed E-state index contributed by atoms with van der Waals surface area (Å²) in [5.41, 5.74) is 6.08. The molecule has 5 heteroatoms. The maximum atomic E-state index is 11.0. The van der Waals surface area contributed by atoms with Gasteiger partial charge in [0.2, 0.25) is 0 Å². The highest BCUT2D eigenvalue weighted by Crippen LogP contribution is 2.15. The predicted octanol–water partition coefficient (Wildman–Crippen LogP) is 1.32. The molecule has 0 saturated carbocycles. The van der Waals surface area contributed by atoms with Gasteiger partial charge in [0.1, 0.15) is 0 Å². The molecule has 4 nitrogen and oxygen atoms in total. The molecule has 76 valence electrons. The van der Waals surface area contributed by atoms with Crippen LogP contribution in [0.1, 0.15) is 6.92 Å². The van der Waals surface area contributed by atoms with Gasteiger partial charge in [-0.25, -0.2) is 4.98 Å². The Hall–Kier alpha value is -1.23. The highest BCUT2D eigenvalue weighted by molar-refractivity contribution is 7.99. The van der Waals surface area contributed by atoms with Crippen molar-refractivity contribution in [2.45, 2.75) is 11.9 Å². The van der Waals surface area contributed by atoms with E-state index in [2.05, 4.69) is 4.98 Å². The van der Waals surface area contributed by atoms with Crippen LogP contribution in [0.25, 0.3) is 0 Å². The number of anilines is 1. The van der Waals surface area contributed by atoms with Crippen molar-refractivity contribution < 1.29 is 9.53 Å². The molecule has 0 radical (unpaired) electrons. The highest BCUT2D eigenvalue weighted by Gasteiger charge is 2.03. The molecule has 0 aliphatic heterocycles. The minimum Gasteiger partial charge on any atom is -0.465 e. The Morgan fingerprint density at radius 3 is 3.00 bits per heavy atom. The van der Waals surface area contributed by atoms with Gasteiger partial charge in [0.25, 0.3) is 0 Å². The maximum absolute atomic E-state index is 11.0. The van der Waals surface area contributed by atoms with Crippen molar-refractivity contribution in [1.29, 1.82) is 0 Å². The molecule has 0 atom stereocenters. The van der Waals surface area contributed by atoms with Crippen LogP contribution in [0.5, 0.6) is 0 Å². The molecule has 2 N–H and O–H groups in total. The molecule has 1 heterocycles. The van der Waals surface area contributed by atoms with Gasteiger partial charge in [0, 0.05) is 0 Å². The van der Waals surface area contributed by atoms with Crippen molar-refractivity contribution >= 4 is 23.4 Å². The zero-order chi connectivity index (χ0) is 10.4. The SMILES string of the molecule is CCOC(=O)CSc1ccc(N)cn1. The standard InChI is InChI=1S/C9H12N2O2S/c1-2-13-9(12)6-14-8-4-3-7(10)5-11-8/h3-5H,2,6,10H2,1H3. The number of ether oxygens (including phenoxy) is 1. The summed E-state index contributed by atoms with van der Waals surface area (Å²) in [5.74, 6) is 0.0567. The number of aromatic nitrogens is 1. The Bertz CT molecular complexity index is 300. The minimum absolute atomic E-state index is 0.226. The molecule has 0 aliphatic rings. The van der Waals surface area contributed by atoms with Crippen molar-refractivity contribution in [3.05, 3.63) is 18.3 Å². The summed E-state index contributed by atoms with van der Waals surface area (Å²) >= 11 is 1.34. The number of nitrogen functional groups attached to an aromatic ring is 1. The fourth-order valence-electron chi connectivity index (χ4n) is 0.813. The van der Waals surface area contributed by atoms with E-state index in [4.69, 9.17) is 10.5 Å². The van der Waals surface area contributed by atoms with Crippen LogP contribution < -0.4 is 5.73 Å². The Kier molecular flexibility index (Phi) is 4.25. The van der Waals surface area contributed by atoms with E-state index in [9.17, 15) is 4.79 Å². The molecule has 1 aromatic rings. The number of nitrogens with two attached hydrogens (primary N) is 1. The Morgan fingerprint density at radius 1 is 1.64 bits per heavy atom. The van der Waals surface area contributed by atoms with Crippen molar-refractivity contribution in [3.63, 3.8) is 0 Å². The van der Waals surface area contributed by atoms with Gasteiger partial charge in [-0.2, -0.15) is 0 Å². The molecule has 1 rings (SSSR count). The van der Waals surface area contributed by atoms with E-state index in [1.54, 1.807) is 25.3 Å². The number of pyridine rings is 1. The summed E-state index contributed by atoms with van der Waals surface area (Å²) in [7, 11) is 0. The Morgan fingerprint density at radius 2 is 2.43 bits per heavy atom. The monoisotopic (exact) mass is 212 g/mol. The van der Waals surface area contributed by atoms with E-state index >= 15 is 0 Å². The largest absolute Gasteiger partial charge is 0.465 e. The molecular weight excluding hydrogens is 200 g/mol. The van der Waals surface area contributed by atoms with Crippen LogP contribution in [0.15, 0.2) is 23.4 Å². The zero-order valence-corrected chi connectivity index (χ0v) is 8.71. The molecule has 0 amide bonds. The van der Waals surface area contributed by atoms with Crippen molar-refractivity contribution in [2.75, 3.05) is 18.1 Å². The summed E-state index contributed by atoms with van der Waals surface area (Å²) in [4.78, 5) is 15.0. The van der Waals surface area contributed by atoms with Gasteiger partial charge in [0.05, 0.1) is 29.3 Å². The maximum Gasteiger partial charge on any atom is 0.316 e. The fraction of sp³-hybridized carbons (Fsp3) is 0.333. The van der Waals surface area contributed by atoms with Crippen molar-refractivity contribution in [1.82, 2.24) is 4.98 Å². The lowest BCUT2D eigenvalue weighted by Gasteiger charge is -2.01. The van der Waals surface area contributed by atoms with E-state index in [-0.39, 0.29) is 11.7 Å². The topological polar surface area (TPSA) is 65.2 Å². The lowest BCUT2D eigenvalue weighted by atomic mass is 10.4. The number of thioether (sulfide) groups is 1. The van der Waals surface area contributed by atoms with Crippen LogP contribution in [0.4, 0.5) is 5.69 Å². The van der Waals surface area contributed by atoms with Crippen LogP contribution >= 0.6 is 11.8 Å². The molecule has 0 saturated heterocycles. The van der Waals surface area contributed by atoms with Crippen LogP contribution in [-0.2, 0) is 9.53 Å². The molecule has 0 bridgehead atoms. The molecule has 1 aromatic heterocycles.